The van der Waals surface area contributed by atoms with Gasteiger partial charge in [0.05, 0.1) is 23.5 Å². The van der Waals surface area contributed by atoms with Gasteiger partial charge in [0.1, 0.15) is 6.33 Å². The van der Waals surface area contributed by atoms with Crippen LogP contribution >= 0.6 is 0 Å². The highest BCUT2D eigenvalue weighted by Crippen LogP contribution is 2.34. The number of piperazine rings is 1. The standard InChI is InChI=1S/C21H20N6O2/c1-25-19(28)10-18(17-7-8-22-13-23-17)24-21(25)27-12-15-9-16(27)11-26(15)20(29)14-5-3-2-4-6-14/h2-8,10,13,15-16H,9,11-12H2,1H3. The minimum atomic E-state index is -0.136. The highest BCUT2D eigenvalue weighted by atomic mass is 16.2. The summed E-state index contributed by atoms with van der Waals surface area (Å²) in [6.07, 6.45) is 3.96. The van der Waals surface area contributed by atoms with E-state index < -0.39 is 0 Å². The van der Waals surface area contributed by atoms with Gasteiger partial charge >= 0.3 is 0 Å². The number of amides is 1. The number of aromatic nitrogens is 4. The van der Waals surface area contributed by atoms with Crippen molar-refractivity contribution in [1.82, 2.24) is 24.4 Å². The first kappa shape index (κ1) is 17.5. The van der Waals surface area contributed by atoms with Gasteiger partial charge in [0.15, 0.2) is 0 Å². The Balaban J connectivity index is 1.43. The van der Waals surface area contributed by atoms with Crippen LogP contribution in [-0.2, 0) is 7.05 Å². The summed E-state index contributed by atoms with van der Waals surface area (Å²) in [6, 6.07) is 12.9. The lowest BCUT2D eigenvalue weighted by Crippen LogP contribution is -2.50. The second kappa shape index (κ2) is 6.80. The molecule has 2 aliphatic rings. The monoisotopic (exact) mass is 388 g/mol. The van der Waals surface area contributed by atoms with Crippen LogP contribution in [-0.4, -0.2) is 55.5 Å². The molecule has 0 N–H and O–H groups in total. The summed E-state index contributed by atoms with van der Waals surface area (Å²) in [5.41, 5.74) is 1.72. The van der Waals surface area contributed by atoms with Gasteiger partial charge in [-0.1, -0.05) is 18.2 Å². The van der Waals surface area contributed by atoms with Crippen molar-refractivity contribution in [2.24, 2.45) is 7.05 Å². The number of nitrogens with zero attached hydrogens (tertiary/aromatic N) is 6. The molecule has 5 rings (SSSR count). The van der Waals surface area contributed by atoms with Crippen LogP contribution in [0.5, 0.6) is 0 Å². The Hall–Kier alpha value is -3.55. The molecule has 2 atom stereocenters. The lowest BCUT2D eigenvalue weighted by molar-refractivity contribution is 0.0725. The zero-order valence-corrected chi connectivity index (χ0v) is 16.0. The SMILES string of the molecule is Cn1c(N2CC3CC2CN3C(=O)c2ccccc2)nc(-c2ccncn2)cc1=O. The molecular formula is C21H20N6O2. The average molecular weight is 388 g/mol. The fourth-order valence-corrected chi connectivity index (χ4v) is 4.26. The summed E-state index contributed by atoms with van der Waals surface area (Å²) in [4.78, 5) is 42.4. The van der Waals surface area contributed by atoms with E-state index in [-0.39, 0.29) is 23.6 Å². The Morgan fingerprint density at radius 1 is 1.07 bits per heavy atom. The molecule has 3 aromatic rings. The van der Waals surface area contributed by atoms with Crippen LogP contribution in [0.2, 0.25) is 0 Å². The predicted octanol–water partition coefficient (Wildman–Crippen LogP) is 1.34. The van der Waals surface area contributed by atoms with Gasteiger partial charge in [0.25, 0.3) is 11.5 Å². The third-order valence-electron chi connectivity index (χ3n) is 5.73. The van der Waals surface area contributed by atoms with Gasteiger partial charge in [-0.3, -0.25) is 14.2 Å². The second-order valence-electron chi connectivity index (χ2n) is 7.45. The van der Waals surface area contributed by atoms with Gasteiger partial charge in [-0.05, 0) is 24.6 Å². The van der Waals surface area contributed by atoms with E-state index in [9.17, 15) is 9.59 Å². The third kappa shape index (κ3) is 2.97. The Kier molecular flexibility index (Phi) is 4.12. The van der Waals surface area contributed by atoms with Gasteiger partial charge in [-0.15, -0.1) is 0 Å². The molecule has 1 amide bonds. The smallest absolute Gasteiger partial charge is 0.255 e. The molecule has 2 bridgehead atoms. The van der Waals surface area contributed by atoms with E-state index in [1.54, 1.807) is 23.9 Å². The third-order valence-corrected chi connectivity index (χ3v) is 5.73. The van der Waals surface area contributed by atoms with Crippen molar-refractivity contribution in [1.29, 1.82) is 0 Å². The minimum absolute atomic E-state index is 0.0642. The molecule has 4 heterocycles. The molecular weight excluding hydrogens is 368 g/mol. The number of likely N-dealkylation sites (tertiary alicyclic amines) is 1. The van der Waals surface area contributed by atoms with E-state index in [4.69, 9.17) is 4.98 Å². The molecule has 29 heavy (non-hydrogen) atoms. The van der Waals surface area contributed by atoms with Crippen LogP contribution in [0, 0.1) is 0 Å². The van der Waals surface area contributed by atoms with Crippen LogP contribution in [0.25, 0.3) is 11.4 Å². The van der Waals surface area contributed by atoms with Crippen LogP contribution < -0.4 is 10.5 Å². The number of carbonyl (C=O) groups excluding carboxylic acids is 1. The molecule has 2 aliphatic heterocycles. The fraction of sp³-hybridized carbons (Fsp3) is 0.286. The molecule has 0 spiro atoms. The highest BCUT2D eigenvalue weighted by molar-refractivity contribution is 5.94. The molecule has 2 saturated heterocycles. The lowest BCUT2D eigenvalue weighted by Gasteiger charge is -2.35. The molecule has 2 fully saturated rings. The Labute approximate surface area is 167 Å². The van der Waals surface area contributed by atoms with Gasteiger partial charge < -0.3 is 9.80 Å². The second-order valence-corrected chi connectivity index (χ2v) is 7.45. The van der Waals surface area contributed by atoms with Crippen molar-refractivity contribution in [3.63, 3.8) is 0 Å². The van der Waals surface area contributed by atoms with Crippen molar-refractivity contribution in [2.45, 2.75) is 18.5 Å². The lowest BCUT2D eigenvalue weighted by atomic mass is 10.2. The first-order valence-electron chi connectivity index (χ1n) is 9.59. The molecule has 146 valence electrons. The topological polar surface area (TPSA) is 84.2 Å². The summed E-state index contributed by atoms with van der Waals surface area (Å²) in [5, 5.41) is 0. The van der Waals surface area contributed by atoms with E-state index >= 15 is 0 Å². The van der Waals surface area contributed by atoms with Gasteiger partial charge in [0, 0.05) is 38.0 Å². The first-order valence-corrected chi connectivity index (χ1v) is 9.59. The average Bonchev–Trinajstić information content (AvgIpc) is 3.37. The quantitative estimate of drug-likeness (QED) is 0.673. The molecule has 2 aromatic heterocycles. The Morgan fingerprint density at radius 3 is 2.59 bits per heavy atom. The van der Waals surface area contributed by atoms with Crippen LogP contribution in [0.1, 0.15) is 16.8 Å². The maximum atomic E-state index is 12.9. The van der Waals surface area contributed by atoms with Crippen molar-refractivity contribution in [2.75, 3.05) is 18.0 Å². The molecule has 8 nitrogen and oxygen atoms in total. The molecule has 0 radical (unpaired) electrons. The number of anilines is 1. The van der Waals surface area contributed by atoms with Crippen LogP contribution in [0.15, 0.2) is 59.8 Å². The Bertz CT molecular complexity index is 1120. The van der Waals surface area contributed by atoms with Crippen molar-refractivity contribution in [3.05, 3.63) is 70.9 Å². The summed E-state index contributed by atoms with van der Waals surface area (Å²) in [7, 11) is 1.73. The van der Waals surface area contributed by atoms with E-state index in [0.29, 0.717) is 36.0 Å². The maximum absolute atomic E-state index is 12.9. The van der Waals surface area contributed by atoms with E-state index in [2.05, 4.69) is 14.9 Å². The number of hydrogen-bond acceptors (Lipinski definition) is 6. The summed E-state index contributed by atoms with van der Waals surface area (Å²) in [6.45, 7) is 1.29. The van der Waals surface area contributed by atoms with E-state index in [1.807, 2.05) is 35.2 Å². The van der Waals surface area contributed by atoms with Crippen LogP contribution in [0.4, 0.5) is 5.95 Å². The van der Waals surface area contributed by atoms with Crippen molar-refractivity contribution >= 4 is 11.9 Å². The predicted molar refractivity (Wildman–Crippen MR) is 108 cm³/mol. The molecule has 1 aromatic carbocycles. The van der Waals surface area contributed by atoms with Gasteiger partial charge in [-0.25, -0.2) is 15.0 Å². The fourth-order valence-electron chi connectivity index (χ4n) is 4.26. The molecule has 2 unspecified atom stereocenters. The van der Waals surface area contributed by atoms with Gasteiger partial charge in [-0.2, -0.15) is 0 Å². The summed E-state index contributed by atoms with van der Waals surface area (Å²) < 4.78 is 1.56. The van der Waals surface area contributed by atoms with Gasteiger partial charge in [0.2, 0.25) is 5.95 Å². The van der Waals surface area contributed by atoms with Crippen LogP contribution in [0.3, 0.4) is 0 Å². The summed E-state index contributed by atoms with van der Waals surface area (Å²) in [5.74, 6) is 0.680. The highest BCUT2D eigenvalue weighted by Gasteiger charge is 2.46. The maximum Gasteiger partial charge on any atom is 0.255 e. The van der Waals surface area contributed by atoms with Crippen molar-refractivity contribution < 1.29 is 4.79 Å². The number of hydrogen-bond donors (Lipinski definition) is 0. The number of rotatable bonds is 3. The molecule has 0 saturated carbocycles. The zero-order chi connectivity index (χ0) is 20.0. The Morgan fingerprint density at radius 2 is 1.90 bits per heavy atom. The number of carbonyl (C=O) groups is 1. The number of fused-ring (bicyclic) bond motifs is 2. The first-order chi connectivity index (χ1) is 14.1. The largest absolute Gasteiger partial charge is 0.335 e. The normalized spacial score (nSPS) is 20.3. The number of benzene rings is 1. The molecule has 8 heteroatoms. The van der Waals surface area contributed by atoms with E-state index in [0.717, 1.165) is 6.42 Å². The zero-order valence-electron chi connectivity index (χ0n) is 16.0. The minimum Gasteiger partial charge on any atom is -0.335 e. The van der Waals surface area contributed by atoms with Crippen molar-refractivity contribution in [3.8, 4) is 11.4 Å². The summed E-state index contributed by atoms with van der Waals surface area (Å²) >= 11 is 0. The van der Waals surface area contributed by atoms with E-state index in [1.165, 1.54) is 12.4 Å². The molecule has 0 aliphatic carbocycles.